The zero-order chi connectivity index (χ0) is 28.1. The van der Waals surface area contributed by atoms with E-state index in [4.69, 9.17) is 9.72 Å². The fraction of sp³-hybridized carbons (Fsp3) is 0.258. The number of methoxy groups -OCH3 is 1. The number of amides is 1. The Labute approximate surface area is 234 Å². The Balaban J connectivity index is 1.45. The lowest BCUT2D eigenvalue weighted by Gasteiger charge is -2.19. The third kappa shape index (κ3) is 6.00. The van der Waals surface area contributed by atoms with Crippen molar-refractivity contribution in [1.29, 1.82) is 0 Å². The van der Waals surface area contributed by atoms with Crippen molar-refractivity contribution in [3.8, 4) is 17.0 Å². The molecule has 0 radical (unpaired) electrons. The maximum absolute atomic E-state index is 13.0. The van der Waals surface area contributed by atoms with Gasteiger partial charge in [-0.15, -0.1) is 0 Å². The molecule has 3 N–H and O–H groups in total. The number of rotatable bonds is 11. The number of nitrogens with zero attached hydrogens (tertiary/aromatic N) is 4. The first-order valence-electron chi connectivity index (χ1n) is 13.3. The van der Waals surface area contributed by atoms with Crippen molar-refractivity contribution in [3.05, 3.63) is 79.2 Å². The van der Waals surface area contributed by atoms with Crippen LogP contribution in [0.5, 0.6) is 5.75 Å². The highest BCUT2D eigenvalue weighted by Crippen LogP contribution is 2.37. The number of allylic oxidation sites excluding steroid dienone is 2. The van der Waals surface area contributed by atoms with Gasteiger partial charge in [-0.25, -0.2) is 9.97 Å². The summed E-state index contributed by atoms with van der Waals surface area (Å²) in [4.78, 5) is 24.4. The lowest BCUT2D eigenvalue weighted by atomic mass is 10.1. The van der Waals surface area contributed by atoms with Crippen LogP contribution >= 0.6 is 0 Å². The predicted molar refractivity (Wildman–Crippen MR) is 162 cm³/mol. The highest BCUT2D eigenvalue weighted by Gasteiger charge is 2.19. The number of carbonyl (C=O) groups excluding carboxylic acids is 1. The van der Waals surface area contributed by atoms with E-state index in [1.165, 1.54) is 0 Å². The molecule has 2 aromatic heterocycles. The van der Waals surface area contributed by atoms with Crippen LogP contribution in [-0.4, -0.2) is 59.6 Å². The van der Waals surface area contributed by atoms with Crippen LogP contribution in [0.25, 0.3) is 22.2 Å². The van der Waals surface area contributed by atoms with E-state index in [1.807, 2.05) is 61.7 Å². The Morgan fingerprint density at radius 3 is 2.65 bits per heavy atom. The fourth-order valence-electron chi connectivity index (χ4n) is 4.77. The summed E-state index contributed by atoms with van der Waals surface area (Å²) >= 11 is 0. The molecule has 1 aliphatic rings. The summed E-state index contributed by atoms with van der Waals surface area (Å²) in [6.07, 6.45) is 12.3. The minimum atomic E-state index is -0.305. The molecular weight excluding hydrogens is 502 g/mol. The van der Waals surface area contributed by atoms with Gasteiger partial charge in [0.1, 0.15) is 5.75 Å². The van der Waals surface area contributed by atoms with E-state index in [2.05, 4.69) is 62.8 Å². The maximum Gasteiger partial charge on any atom is 0.235 e. The van der Waals surface area contributed by atoms with Crippen molar-refractivity contribution in [1.82, 2.24) is 19.4 Å². The monoisotopic (exact) mass is 537 g/mol. The number of benzene rings is 2. The molecule has 0 bridgehead atoms. The Bertz CT molecular complexity index is 1560. The average molecular weight is 538 g/mol. The Morgan fingerprint density at radius 2 is 1.88 bits per heavy atom. The normalized spacial score (nSPS) is 12.8. The van der Waals surface area contributed by atoms with Crippen LogP contribution in [0.15, 0.2) is 79.2 Å². The van der Waals surface area contributed by atoms with Crippen molar-refractivity contribution in [2.45, 2.75) is 6.42 Å². The highest BCUT2D eigenvalue weighted by atomic mass is 16.5. The molecule has 9 nitrogen and oxygen atoms in total. The number of aryl methyl sites for hydroxylation is 1. The minimum Gasteiger partial charge on any atom is -0.494 e. The Hall–Kier alpha value is -4.63. The van der Waals surface area contributed by atoms with Gasteiger partial charge in [0.25, 0.3) is 0 Å². The average Bonchev–Trinajstić information content (AvgIpc) is 3.61. The zero-order valence-electron chi connectivity index (χ0n) is 23.3. The Kier molecular flexibility index (Phi) is 8.12. The van der Waals surface area contributed by atoms with Crippen molar-refractivity contribution in [2.24, 2.45) is 13.0 Å². The summed E-state index contributed by atoms with van der Waals surface area (Å²) in [5.41, 5.74) is 5.04. The second-order valence-corrected chi connectivity index (χ2v) is 10.0. The van der Waals surface area contributed by atoms with Crippen molar-refractivity contribution >= 4 is 39.8 Å². The first-order chi connectivity index (χ1) is 19.4. The number of nitrogens with one attached hydrogen (secondary N) is 3. The number of aromatic nitrogens is 3. The lowest BCUT2D eigenvalue weighted by molar-refractivity contribution is -0.117. The molecule has 5 rings (SSSR count). The summed E-state index contributed by atoms with van der Waals surface area (Å²) in [5.74, 6) is 0.620. The second kappa shape index (κ2) is 12.0. The van der Waals surface area contributed by atoms with Gasteiger partial charge in [0, 0.05) is 48.5 Å². The van der Waals surface area contributed by atoms with Crippen LogP contribution < -0.4 is 20.7 Å². The molecule has 206 valence electrons. The van der Waals surface area contributed by atoms with Crippen LogP contribution in [0.2, 0.25) is 0 Å². The molecule has 2 aromatic carbocycles. The largest absolute Gasteiger partial charge is 0.494 e. The van der Waals surface area contributed by atoms with Crippen molar-refractivity contribution in [2.75, 3.05) is 50.2 Å². The van der Waals surface area contributed by atoms with Gasteiger partial charge in [-0.3, -0.25) is 4.79 Å². The van der Waals surface area contributed by atoms with Gasteiger partial charge in [0.15, 0.2) is 0 Å². The summed E-state index contributed by atoms with van der Waals surface area (Å²) in [6, 6.07) is 13.9. The van der Waals surface area contributed by atoms with Crippen molar-refractivity contribution in [3.63, 3.8) is 0 Å². The number of anilines is 4. The topological polar surface area (TPSA) is 96.3 Å². The molecule has 1 amide bonds. The van der Waals surface area contributed by atoms with E-state index in [-0.39, 0.29) is 11.8 Å². The molecular formula is C31H35N7O2. The van der Waals surface area contributed by atoms with Crippen LogP contribution in [-0.2, 0) is 11.8 Å². The molecule has 1 aliphatic carbocycles. The number of hydrogen-bond donors (Lipinski definition) is 3. The summed E-state index contributed by atoms with van der Waals surface area (Å²) in [5, 5.41) is 11.0. The van der Waals surface area contributed by atoms with Gasteiger partial charge < -0.3 is 30.2 Å². The van der Waals surface area contributed by atoms with Gasteiger partial charge in [-0.05, 0) is 45.3 Å². The quantitative estimate of drug-likeness (QED) is 0.220. The lowest BCUT2D eigenvalue weighted by Crippen LogP contribution is -2.21. The molecule has 2 heterocycles. The highest BCUT2D eigenvalue weighted by molar-refractivity contribution is 5.99. The molecule has 0 saturated carbocycles. The molecule has 40 heavy (non-hydrogen) atoms. The van der Waals surface area contributed by atoms with Crippen LogP contribution in [0.3, 0.4) is 0 Å². The Morgan fingerprint density at radius 1 is 1.07 bits per heavy atom. The maximum atomic E-state index is 13.0. The number of ether oxygens (including phenoxy) is 1. The van der Waals surface area contributed by atoms with Crippen molar-refractivity contribution < 1.29 is 9.53 Å². The molecule has 0 spiro atoms. The molecule has 0 atom stereocenters. The van der Waals surface area contributed by atoms with E-state index in [0.29, 0.717) is 23.1 Å². The van der Waals surface area contributed by atoms with Crippen LogP contribution in [0.4, 0.5) is 23.0 Å². The summed E-state index contributed by atoms with van der Waals surface area (Å²) in [7, 11) is 7.75. The van der Waals surface area contributed by atoms with Crippen LogP contribution in [0, 0.1) is 5.92 Å². The molecule has 0 unspecified atom stereocenters. The SMILES string of the molecule is COc1cc(NCCCN(C)C)c(NC(=O)C2C=CC=C2)cc1Nc1nccc(-c2cn(C)c3ccccc23)n1. The predicted octanol–water partition coefficient (Wildman–Crippen LogP) is 5.43. The van der Waals surface area contributed by atoms with E-state index < -0.39 is 0 Å². The molecule has 0 aliphatic heterocycles. The van der Waals surface area contributed by atoms with E-state index >= 15 is 0 Å². The number of hydrogen-bond acceptors (Lipinski definition) is 7. The molecule has 0 fully saturated rings. The van der Waals surface area contributed by atoms with Gasteiger partial charge >= 0.3 is 0 Å². The van der Waals surface area contributed by atoms with Gasteiger partial charge in [-0.1, -0.05) is 42.5 Å². The smallest absolute Gasteiger partial charge is 0.235 e. The third-order valence-electron chi connectivity index (χ3n) is 6.82. The van der Waals surface area contributed by atoms with E-state index in [1.54, 1.807) is 13.3 Å². The van der Waals surface area contributed by atoms with Gasteiger partial charge in [0.05, 0.1) is 35.8 Å². The number of para-hydroxylation sites is 1. The molecule has 4 aromatic rings. The van der Waals surface area contributed by atoms with E-state index in [0.717, 1.165) is 47.4 Å². The fourth-order valence-corrected chi connectivity index (χ4v) is 4.77. The van der Waals surface area contributed by atoms with Gasteiger partial charge in [0.2, 0.25) is 11.9 Å². The van der Waals surface area contributed by atoms with E-state index in [9.17, 15) is 4.79 Å². The molecule has 0 saturated heterocycles. The summed E-state index contributed by atoms with van der Waals surface area (Å²) < 4.78 is 7.83. The minimum absolute atomic E-state index is 0.105. The zero-order valence-corrected chi connectivity index (χ0v) is 23.3. The number of carbonyl (C=O) groups is 1. The molecule has 9 heteroatoms. The number of fused-ring (bicyclic) bond motifs is 1. The first kappa shape index (κ1) is 27.0. The van der Waals surface area contributed by atoms with Gasteiger partial charge in [-0.2, -0.15) is 0 Å². The standard InChI is InChI=1S/C31H35N7O2/c1-37(2)17-9-15-32-25-19-29(40-4)27(18-26(25)34-30(39)21-10-5-6-11-21)36-31-33-16-14-24(35-31)23-20-38(3)28-13-8-7-12-22(23)28/h5-8,10-14,16,18-21,32H,9,15,17H2,1-4H3,(H,34,39)(H,33,35,36). The third-order valence-corrected chi connectivity index (χ3v) is 6.82. The summed E-state index contributed by atoms with van der Waals surface area (Å²) in [6.45, 7) is 1.70. The first-order valence-corrected chi connectivity index (χ1v) is 13.3. The van der Waals surface area contributed by atoms with Crippen LogP contribution in [0.1, 0.15) is 6.42 Å². The second-order valence-electron chi connectivity index (χ2n) is 10.0.